The van der Waals surface area contributed by atoms with Gasteiger partial charge in [-0.3, -0.25) is 0 Å². The fourth-order valence-electron chi connectivity index (χ4n) is 2.31. The summed E-state index contributed by atoms with van der Waals surface area (Å²) in [6.45, 7) is 3.72. The Hall–Kier alpha value is -1.16. The quantitative estimate of drug-likeness (QED) is 0.772. The normalized spacial score (nSPS) is 14.1. The van der Waals surface area contributed by atoms with Crippen molar-refractivity contribution in [2.24, 2.45) is 0 Å². The number of likely N-dealkylation sites (N-methyl/N-ethyl adjacent to an activating group) is 1. The van der Waals surface area contributed by atoms with E-state index in [4.69, 9.17) is 4.74 Å². The summed E-state index contributed by atoms with van der Waals surface area (Å²) >= 11 is 3.55. The minimum absolute atomic E-state index is 0.443. The van der Waals surface area contributed by atoms with Gasteiger partial charge in [-0.2, -0.15) is 0 Å². The molecule has 0 radical (unpaired) electrons. The first kappa shape index (κ1) is 16.2. The highest BCUT2D eigenvalue weighted by atomic mass is 79.9. The van der Waals surface area contributed by atoms with Crippen molar-refractivity contribution in [2.45, 2.75) is 12.5 Å². The minimum Gasteiger partial charge on any atom is -0.365 e. The molecule has 21 heavy (non-hydrogen) atoms. The first-order valence-electron chi connectivity index (χ1n) is 7.12. The van der Waals surface area contributed by atoms with Crippen molar-refractivity contribution in [1.29, 1.82) is 0 Å². The van der Waals surface area contributed by atoms with E-state index in [1.54, 1.807) is 0 Å². The summed E-state index contributed by atoms with van der Waals surface area (Å²) in [6.07, 6.45) is 0. The predicted octanol–water partition coefficient (Wildman–Crippen LogP) is 4.29. The molecule has 0 heterocycles. The topological polar surface area (TPSA) is 12.5 Å². The lowest BCUT2D eigenvalue weighted by Crippen LogP contribution is -2.31. The molecule has 2 aromatic rings. The van der Waals surface area contributed by atoms with Gasteiger partial charge in [0.05, 0.1) is 6.61 Å². The third-order valence-corrected chi connectivity index (χ3v) is 4.12. The number of nitrogens with zero attached hydrogens (tertiary/aromatic N) is 1. The zero-order valence-corrected chi connectivity index (χ0v) is 14.4. The van der Waals surface area contributed by atoms with E-state index >= 15 is 0 Å². The Kier molecular flexibility index (Phi) is 5.57. The number of hydrogen-bond donors (Lipinski definition) is 0. The highest BCUT2D eigenvalue weighted by molar-refractivity contribution is 9.10. The molecule has 0 spiro atoms. The maximum atomic E-state index is 6.31. The van der Waals surface area contributed by atoms with Crippen LogP contribution in [0.4, 0.5) is 0 Å². The minimum atomic E-state index is -0.443. The molecular formula is C18H22BrNO. The first-order chi connectivity index (χ1) is 10.0. The van der Waals surface area contributed by atoms with Crippen molar-refractivity contribution in [1.82, 2.24) is 4.90 Å². The van der Waals surface area contributed by atoms with Gasteiger partial charge in [0.15, 0.2) is 0 Å². The number of rotatable bonds is 6. The summed E-state index contributed by atoms with van der Waals surface area (Å²) in [6, 6.07) is 18.7. The summed E-state index contributed by atoms with van der Waals surface area (Å²) in [5.74, 6) is 0. The molecule has 0 bridgehead atoms. The van der Waals surface area contributed by atoms with Crippen LogP contribution in [0.2, 0.25) is 0 Å². The second-order valence-electron chi connectivity index (χ2n) is 5.56. The van der Waals surface area contributed by atoms with E-state index in [1.165, 1.54) is 5.56 Å². The molecular weight excluding hydrogens is 326 g/mol. The van der Waals surface area contributed by atoms with Crippen LogP contribution in [0.1, 0.15) is 18.1 Å². The number of ether oxygens (including phenoxy) is 1. The van der Waals surface area contributed by atoms with Crippen molar-refractivity contribution in [3.05, 3.63) is 70.2 Å². The number of benzene rings is 2. The second kappa shape index (κ2) is 7.21. The molecule has 0 amide bonds. The van der Waals surface area contributed by atoms with E-state index in [-0.39, 0.29) is 0 Å². The van der Waals surface area contributed by atoms with Gasteiger partial charge in [-0.05, 0) is 44.3 Å². The van der Waals surface area contributed by atoms with E-state index in [1.807, 2.05) is 12.1 Å². The van der Waals surface area contributed by atoms with E-state index in [2.05, 4.69) is 84.3 Å². The molecule has 1 atom stereocenters. The van der Waals surface area contributed by atoms with Crippen LogP contribution in [0.3, 0.4) is 0 Å². The third-order valence-electron chi connectivity index (χ3n) is 3.63. The Labute approximate surface area is 135 Å². The lowest BCUT2D eigenvalue weighted by molar-refractivity contribution is -0.0102. The molecule has 0 fully saturated rings. The Bertz CT molecular complexity index is 570. The highest BCUT2D eigenvalue weighted by Gasteiger charge is 2.29. The second-order valence-corrected chi connectivity index (χ2v) is 6.48. The Morgan fingerprint density at radius 2 is 1.67 bits per heavy atom. The SMILES string of the molecule is CN(C)CCOC(C)(c1ccccc1)c1cccc(Br)c1. The van der Waals surface area contributed by atoms with Crippen LogP contribution in [0.15, 0.2) is 59.1 Å². The Morgan fingerprint density at radius 3 is 2.29 bits per heavy atom. The number of hydrogen-bond acceptors (Lipinski definition) is 2. The standard InChI is InChI=1S/C18H22BrNO/c1-18(21-13-12-20(2)3,15-8-5-4-6-9-15)16-10-7-11-17(19)14-16/h4-11,14H,12-13H2,1-3H3. The van der Waals surface area contributed by atoms with Crippen molar-refractivity contribution >= 4 is 15.9 Å². The molecule has 2 rings (SSSR count). The first-order valence-corrected chi connectivity index (χ1v) is 7.92. The highest BCUT2D eigenvalue weighted by Crippen LogP contribution is 2.34. The van der Waals surface area contributed by atoms with Crippen LogP contribution >= 0.6 is 15.9 Å². The van der Waals surface area contributed by atoms with Crippen LogP contribution < -0.4 is 0 Å². The Morgan fingerprint density at radius 1 is 1.00 bits per heavy atom. The van der Waals surface area contributed by atoms with E-state index in [0.717, 1.165) is 16.6 Å². The van der Waals surface area contributed by atoms with Gasteiger partial charge >= 0.3 is 0 Å². The Balaban J connectivity index is 2.34. The third kappa shape index (κ3) is 4.16. The molecule has 3 heteroatoms. The van der Waals surface area contributed by atoms with Crippen molar-refractivity contribution < 1.29 is 4.74 Å². The summed E-state index contributed by atoms with van der Waals surface area (Å²) < 4.78 is 7.37. The summed E-state index contributed by atoms with van der Waals surface area (Å²) in [5, 5.41) is 0. The van der Waals surface area contributed by atoms with Crippen molar-refractivity contribution in [3.63, 3.8) is 0 Å². The number of halogens is 1. The molecule has 0 aliphatic heterocycles. The smallest absolute Gasteiger partial charge is 0.115 e. The van der Waals surface area contributed by atoms with E-state index in [9.17, 15) is 0 Å². The van der Waals surface area contributed by atoms with Gasteiger partial charge in [-0.1, -0.05) is 58.4 Å². The summed E-state index contributed by atoms with van der Waals surface area (Å²) in [7, 11) is 4.12. The monoisotopic (exact) mass is 347 g/mol. The van der Waals surface area contributed by atoms with Crippen LogP contribution in [0.5, 0.6) is 0 Å². The molecule has 112 valence electrons. The van der Waals surface area contributed by atoms with Crippen molar-refractivity contribution in [2.75, 3.05) is 27.2 Å². The predicted molar refractivity (Wildman–Crippen MR) is 91.5 cm³/mol. The largest absolute Gasteiger partial charge is 0.365 e. The van der Waals surface area contributed by atoms with Gasteiger partial charge in [0, 0.05) is 11.0 Å². The maximum absolute atomic E-state index is 6.31. The molecule has 0 saturated carbocycles. The van der Waals surface area contributed by atoms with E-state index < -0.39 is 5.60 Å². The molecule has 2 nitrogen and oxygen atoms in total. The van der Waals surface area contributed by atoms with Gasteiger partial charge in [-0.25, -0.2) is 0 Å². The van der Waals surface area contributed by atoms with Gasteiger partial charge in [-0.15, -0.1) is 0 Å². The maximum Gasteiger partial charge on any atom is 0.115 e. The molecule has 0 aromatic heterocycles. The van der Waals surface area contributed by atoms with E-state index in [0.29, 0.717) is 6.61 Å². The summed E-state index contributed by atoms with van der Waals surface area (Å²) in [4.78, 5) is 2.13. The average molecular weight is 348 g/mol. The fraction of sp³-hybridized carbons (Fsp3) is 0.333. The van der Waals surface area contributed by atoms with Gasteiger partial charge in [0.25, 0.3) is 0 Å². The summed E-state index contributed by atoms with van der Waals surface area (Å²) in [5.41, 5.74) is 1.88. The molecule has 0 aliphatic rings. The lowest BCUT2D eigenvalue weighted by Gasteiger charge is -2.32. The van der Waals surface area contributed by atoms with Crippen molar-refractivity contribution in [3.8, 4) is 0 Å². The zero-order chi connectivity index (χ0) is 15.3. The van der Waals surface area contributed by atoms with Gasteiger partial charge < -0.3 is 9.64 Å². The molecule has 0 N–H and O–H groups in total. The average Bonchev–Trinajstić information content (AvgIpc) is 2.47. The molecule has 0 saturated heterocycles. The van der Waals surface area contributed by atoms with Crippen LogP contribution in [0.25, 0.3) is 0 Å². The van der Waals surface area contributed by atoms with Crippen LogP contribution in [-0.4, -0.2) is 32.1 Å². The molecule has 2 aromatic carbocycles. The molecule has 0 aliphatic carbocycles. The molecule has 1 unspecified atom stereocenters. The fourth-order valence-corrected chi connectivity index (χ4v) is 2.71. The van der Waals surface area contributed by atoms with Crippen LogP contribution in [0, 0.1) is 0 Å². The van der Waals surface area contributed by atoms with Gasteiger partial charge in [0.2, 0.25) is 0 Å². The van der Waals surface area contributed by atoms with Crippen LogP contribution in [-0.2, 0) is 10.3 Å². The lowest BCUT2D eigenvalue weighted by atomic mass is 9.88. The van der Waals surface area contributed by atoms with Gasteiger partial charge in [0.1, 0.15) is 5.60 Å². The zero-order valence-electron chi connectivity index (χ0n) is 12.8.